The van der Waals surface area contributed by atoms with Crippen molar-refractivity contribution >= 4 is 50.8 Å². The molecule has 1 aliphatic rings. The number of thiophene rings is 1. The van der Waals surface area contributed by atoms with Crippen molar-refractivity contribution in [1.82, 2.24) is 20.0 Å². The lowest BCUT2D eigenvalue weighted by atomic mass is 9.69. The smallest absolute Gasteiger partial charge is 0.340 e. The van der Waals surface area contributed by atoms with Crippen LogP contribution in [0, 0.1) is 11.3 Å². The molecule has 2 aromatic carbocycles. The summed E-state index contributed by atoms with van der Waals surface area (Å²) < 4.78 is 6.84. The van der Waals surface area contributed by atoms with E-state index in [1.807, 2.05) is 30.3 Å². The fourth-order valence-electron chi connectivity index (χ4n) is 5.21. The van der Waals surface area contributed by atoms with Gasteiger partial charge in [-0.15, -0.1) is 16.4 Å². The summed E-state index contributed by atoms with van der Waals surface area (Å²) in [5, 5.41) is 11.3. The summed E-state index contributed by atoms with van der Waals surface area (Å²) in [6, 6.07) is 18.8. The van der Waals surface area contributed by atoms with Crippen molar-refractivity contribution in [2.45, 2.75) is 40.3 Å². The number of hydrogen-bond acceptors (Lipinski definition) is 7. The number of para-hydroxylation sites is 1. The minimum atomic E-state index is -0.503. The maximum atomic E-state index is 13.8. The van der Waals surface area contributed by atoms with Crippen LogP contribution in [0.15, 0.2) is 70.8 Å². The molecule has 3 aromatic heterocycles. The Bertz CT molecular complexity index is 1800. The van der Waals surface area contributed by atoms with Gasteiger partial charge in [0, 0.05) is 10.3 Å². The second kappa shape index (κ2) is 9.85. The van der Waals surface area contributed by atoms with Gasteiger partial charge >= 0.3 is 5.97 Å². The summed E-state index contributed by atoms with van der Waals surface area (Å²) in [5.41, 5.74) is 4.26. The zero-order valence-electron chi connectivity index (χ0n) is 22.0. The van der Waals surface area contributed by atoms with E-state index in [1.165, 1.54) is 0 Å². The van der Waals surface area contributed by atoms with Gasteiger partial charge in [0.2, 0.25) is 0 Å². The standard InChI is InChI=1S/C31H28N4O3S/c1-31(2,3)20-15-19(16-21-9-8-14-39-21)28-24(17-20)27(22-10-4-6-12-25(22)32-28)30(37)38-18-35-29(36)23-11-5-7-13-26(23)33-34-35/h4-14,16,20H,15,17-18H2,1-3H3/b19-16+/t20-/m0/s1. The zero-order valence-corrected chi connectivity index (χ0v) is 22.9. The molecular formula is C31H28N4O3S. The number of nitrogens with zero attached hydrogens (tertiary/aromatic N) is 4. The highest BCUT2D eigenvalue weighted by Gasteiger charge is 2.35. The third-order valence-electron chi connectivity index (χ3n) is 7.45. The first kappa shape index (κ1) is 25.1. The number of ether oxygens (including phenoxy) is 1. The summed E-state index contributed by atoms with van der Waals surface area (Å²) in [6.07, 6.45) is 3.78. The van der Waals surface area contributed by atoms with Crippen LogP contribution in [-0.2, 0) is 17.9 Å². The Hall–Kier alpha value is -4.17. The SMILES string of the molecule is CC(C)(C)[C@H]1C/C(=C\c2cccs2)c2nc3ccccc3c(C(=O)OCn3nnc4ccccc4c3=O)c2C1. The van der Waals surface area contributed by atoms with Crippen molar-refractivity contribution in [3.63, 3.8) is 0 Å². The molecule has 0 unspecified atom stereocenters. The van der Waals surface area contributed by atoms with Crippen LogP contribution in [0.25, 0.3) is 33.5 Å². The second-order valence-corrected chi connectivity index (χ2v) is 11.9. The van der Waals surface area contributed by atoms with Gasteiger partial charge in [0.15, 0.2) is 6.73 Å². The molecule has 0 saturated carbocycles. The Morgan fingerprint density at radius 1 is 1.03 bits per heavy atom. The quantitative estimate of drug-likeness (QED) is 0.248. The molecule has 7 nitrogen and oxygen atoms in total. The number of benzene rings is 2. The Kier molecular flexibility index (Phi) is 6.35. The van der Waals surface area contributed by atoms with Gasteiger partial charge in [-0.25, -0.2) is 9.78 Å². The number of fused-ring (bicyclic) bond motifs is 3. The van der Waals surface area contributed by atoms with Gasteiger partial charge in [-0.05, 0) is 71.0 Å². The molecule has 0 radical (unpaired) electrons. The van der Waals surface area contributed by atoms with Crippen molar-refractivity contribution in [3.05, 3.63) is 98.1 Å². The normalized spacial score (nSPS) is 16.5. The highest BCUT2D eigenvalue weighted by atomic mass is 32.1. The van der Waals surface area contributed by atoms with E-state index in [1.54, 1.807) is 35.6 Å². The number of aromatic nitrogens is 4. The van der Waals surface area contributed by atoms with Crippen LogP contribution in [0.1, 0.15) is 53.7 Å². The lowest BCUT2D eigenvalue weighted by Crippen LogP contribution is -2.29. The first-order valence-electron chi connectivity index (χ1n) is 13.0. The van der Waals surface area contributed by atoms with Gasteiger partial charge < -0.3 is 4.74 Å². The van der Waals surface area contributed by atoms with E-state index in [4.69, 9.17) is 9.72 Å². The molecule has 0 fully saturated rings. The van der Waals surface area contributed by atoms with Crippen molar-refractivity contribution in [1.29, 1.82) is 0 Å². The van der Waals surface area contributed by atoms with Crippen LogP contribution in [0.5, 0.6) is 0 Å². The summed E-state index contributed by atoms with van der Waals surface area (Å²) >= 11 is 1.68. The first-order chi connectivity index (χ1) is 18.8. The van der Waals surface area contributed by atoms with E-state index in [-0.39, 0.29) is 17.7 Å². The van der Waals surface area contributed by atoms with Gasteiger partial charge in [0.25, 0.3) is 5.56 Å². The highest BCUT2D eigenvalue weighted by molar-refractivity contribution is 7.10. The molecule has 6 rings (SSSR count). The van der Waals surface area contributed by atoms with E-state index >= 15 is 0 Å². The average Bonchev–Trinajstić information content (AvgIpc) is 3.44. The third-order valence-corrected chi connectivity index (χ3v) is 8.27. The molecule has 0 saturated heterocycles. The van der Waals surface area contributed by atoms with Gasteiger partial charge in [0.1, 0.15) is 5.52 Å². The van der Waals surface area contributed by atoms with Crippen molar-refractivity contribution < 1.29 is 9.53 Å². The maximum absolute atomic E-state index is 13.8. The van der Waals surface area contributed by atoms with E-state index in [0.29, 0.717) is 28.8 Å². The monoisotopic (exact) mass is 536 g/mol. The largest absolute Gasteiger partial charge is 0.439 e. The van der Waals surface area contributed by atoms with Crippen molar-refractivity contribution in [2.24, 2.45) is 11.3 Å². The van der Waals surface area contributed by atoms with Crippen LogP contribution in [0.2, 0.25) is 0 Å². The second-order valence-electron chi connectivity index (χ2n) is 11.0. The van der Waals surface area contributed by atoms with Crippen LogP contribution in [-0.4, -0.2) is 25.9 Å². The van der Waals surface area contributed by atoms with Crippen LogP contribution >= 0.6 is 11.3 Å². The number of esters is 1. The molecule has 0 spiro atoms. The summed E-state index contributed by atoms with van der Waals surface area (Å²) in [6.45, 7) is 6.38. The zero-order chi connectivity index (χ0) is 27.1. The minimum Gasteiger partial charge on any atom is -0.439 e. The fraction of sp³-hybridized carbons (Fsp3) is 0.258. The van der Waals surface area contributed by atoms with E-state index < -0.39 is 5.97 Å². The van der Waals surface area contributed by atoms with Gasteiger partial charge in [-0.1, -0.05) is 62.4 Å². The highest BCUT2D eigenvalue weighted by Crippen LogP contribution is 2.45. The predicted molar refractivity (Wildman–Crippen MR) is 154 cm³/mol. The third kappa shape index (κ3) is 4.76. The van der Waals surface area contributed by atoms with E-state index in [2.05, 4.69) is 48.6 Å². The van der Waals surface area contributed by atoms with E-state index in [9.17, 15) is 9.59 Å². The lowest BCUT2D eigenvalue weighted by molar-refractivity contribution is 0.0336. The number of pyridine rings is 1. The molecule has 0 aliphatic heterocycles. The predicted octanol–water partition coefficient (Wildman–Crippen LogP) is 6.36. The van der Waals surface area contributed by atoms with Crippen LogP contribution in [0.4, 0.5) is 0 Å². The Morgan fingerprint density at radius 2 is 1.77 bits per heavy atom. The molecule has 0 amide bonds. The molecule has 5 aromatic rings. The number of carbonyl (C=O) groups excluding carboxylic acids is 1. The molecule has 8 heteroatoms. The maximum Gasteiger partial charge on any atom is 0.340 e. The fourth-order valence-corrected chi connectivity index (χ4v) is 5.90. The molecule has 1 aliphatic carbocycles. The Balaban J connectivity index is 1.45. The molecular weight excluding hydrogens is 508 g/mol. The summed E-state index contributed by atoms with van der Waals surface area (Å²) in [7, 11) is 0. The van der Waals surface area contributed by atoms with Crippen LogP contribution in [0.3, 0.4) is 0 Å². The molecule has 0 N–H and O–H groups in total. The van der Waals surface area contributed by atoms with Gasteiger partial charge in [0.05, 0.1) is 22.2 Å². The minimum absolute atomic E-state index is 0.0209. The Morgan fingerprint density at radius 3 is 2.51 bits per heavy atom. The summed E-state index contributed by atoms with van der Waals surface area (Å²) in [4.78, 5) is 33.0. The van der Waals surface area contributed by atoms with Gasteiger partial charge in [-0.3, -0.25) is 4.79 Å². The van der Waals surface area contributed by atoms with Gasteiger partial charge in [-0.2, -0.15) is 4.68 Å². The summed E-state index contributed by atoms with van der Waals surface area (Å²) in [5.74, 6) is -0.198. The number of rotatable bonds is 4. The topological polar surface area (TPSA) is 87.0 Å². The number of carbonyl (C=O) groups is 1. The number of hydrogen-bond donors (Lipinski definition) is 0. The molecule has 3 heterocycles. The number of allylic oxidation sites excluding steroid dienone is 1. The average molecular weight is 537 g/mol. The van der Waals surface area contributed by atoms with Crippen molar-refractivity contribution in [2.75, 3.05) is 0 Å². The van der Waals surface area contributed by atoms with E-state index in [0.717, 1.165) is 43.7 Å². The molecule has 0 bridgehead atoms. The molecule has 1 atom stereocenters. The Labute approximate surface area is 229 Å². The molecule has 196 valence electrons. The van der Waals surface area contributed by atoms with Crippen molar-refractivity contribution in [3.8, 4) is 0 Å². The lowest BCUT2D eigenvalue weighted by Gasteiger charge is -2.36. The molecule has 39 heavy (non-hydrogen) atoms. The van der Waals surface area contributed by atoms with Crippen LogP contribution < -0.4 is 5.56 Å². The first-order valence-corrected chi connectivity index (χ1v) is 13.8.